The number of aromatic nitrogens is 2. The molecular formula is C11H12ClN3OS. The summed E-state index contributed by atoms with van der Waals surface area (Å²) in [5, 5.41) is 3.72. The number of halogens is 1. The lowest BCUT2D eigenvalue weighted by Gasteiger charge is -2.62. The summed E-state index contributed by atoms with van der Waals surface area (Å²) >= 11 is 5.92. The number of rotatable bonds is 2. The summed E-state index contributed by atoms with van der Waals surface area (Å²) < 4.78 is 12.0. The van der Waals surface area contributed by atoms with Crippen molar-refractivity contribution in [2.75, 3.05) is 11.1 Å². The van der Waals surface area contributed by atoms with Crippen molar-refractivity contribution >= 4 is 28.2 Å². The summed E-state index contributed by atoms with van der Waals surface area (Å²) in [5.41, 5.74) is 1.08. The molecule has 0 radical (unpaired) electrons. The second-order valence-corrected chi connectivity index (χ2v) is 7.15. The van der Waals surface area contributed by atoms with E-state index in [1.807, 2.05) is 0 Å². The van der Waals surface area contributed by atoms with Crippen LogP contribution in [0.1, 0.15) is 25.0 Å². The fourth-order valence-electron chi connectivity index (χ4n) is 3.13. The maximum Gasteiger partial charge on any atom is 0.224 e. The summed E-state index contributed by atoms with van der Waals surface area (Å²) in [7, 11) is -0.959. The van der Waals surface area contributed by atoms with E-state index in [0.717, 1.165) is 22.9 Å². The Morgan fingerprint density at radius 2 is 2.12 bits per heavy atom. The number of hydrogen-bond donors (Lipinski definition) is 1. The first-order chi connectivity index (χ1) is 8.15. The quantitative estimate of drug-likeness (QED) is 0.832. The zero-order valence-corrected chi connectivity index (χ0v) is 10.8. The van der Waals surface area contributed by atoms with Gasteiger partial charge in [-0.3, -0.25) is 4.21 Å². The predicted molar refractivity (Wildman–Crippen MR) is 65.7 cm³/mol. The van der Waals surface area contributed by atoms with Gasteiger partial charge in [0, 0.05) is 17.7 Å². The van der Waals surface area contributed by atoms with Gasteiger partial charge in [0.15, 0.2) is 0 Å². The summed E-state index contributed by atoms with van der Waals surface area (Å²) in [6, 6.07) is 0. The second kappa shape index (κ2) is 3.20. The molecule has 1 atom stereocenters. The van der Waals surface area contributed by atoms with E-state index >= 15 is 0 Å². The SMILES string of the molecule is O=S1CCc2nc(Cl)nc(NC34CC(C3)C4)c21. The highest BCUT2D eigenvalue weighted by molar-refractivity contribution is 7.85. The third kappa shape index (κ3) is 1.38. The molecule has 6 heteroatoms. The molecule has 4 aliphatic rings. The molecule has 5 rings (SSSR count). The average Bonchev–Trinajstić information content (AvgIpc) is 2.51. The smallest absolute Gasteiger partial charge is 0.224 e. The van der Waals surface area contributed by atoms with Crippen LogP contribution in [0.25, 0.3) is 0 Å². The van der Waals surface area contributed by atoms with Gasteiger partial charge in [-0.05, 0) is 36.8 Å². The van der Waals surface area contributed by atoms with Crippen LogP contribution >= 0.6 is 11.6 Å². The first kappa shape index (κ1) is 10.3. The van der Waals surface area contributed by atoms with Gasteiger partial charge in [-0.25, -0.2) is 4.98 Å². The molecule has 1 aromatic rings. The van der Waals surface area contributed by atoms with Crippen molar-refractivity contribution in [3.63, 3.8) is 0 Å². The molecule has 1 aromatic heterocycles. The fourth-order valence-corrected chi connectivity index (χ4v) is 4.63. The molecular weight excluding hydrogens is 258 g/mol. The van der Waals surface area contributed by atoms with Crippen LogP contribution < -0.4 is 5.32 Å². The molecule has 0 aromatic carbocycles. The van der Waals surface area contributed by atoms with Crippen LogP contribution in [-0.2, 0) is 17.2 Å². The maximum absolute atomic E-state index is 12.0. The van der Waals surface area contributed by atoms with Gasteiger partial charge in [0.25, 0.3) is 0 Å². The van der Waals surface area contributed by atoms with Crippen molar-refractivity contribution in [2.45, 2.75) is 36.1 Å². The van der Waals surface area contributed by atoms with Crippen molar-refractivity contribution in [1.29, 1.82) is 0 Å². The first-order valence-corrected chi connectivity index (χ1v) is 7.58. The Morgan fingerprint density at radius 3 is 2.76 bits per heavy atom. The van der Waals surface area contributed by atoms with E-state index < -0.39 is 10.8 Å². The summed E-state index contributed by atoms with van der Waals surface area (Å²) in [4.78, 5) is 9.20. The maximum atomic E-state index is 12.0. The Labute approximate surface area is 107 Å². The van der Waals surface area contributed by atoms with E-state index in [0.29, 0.717) is 11.6 Å². The third-order valence-electron chi connectivity index (χ3n) is 4.08. The van der Waals surface area contributed by atoms with Crippen LogP contribution in [0.3, 0.4) is 0 Å². The van der Waals surface area contributed by atoms with Gasteiger partial charge < -0.3 is 5.32 Å². The Morgan fingerprint density at radius 1 is 1.35 bits per heavy atom. The topological polar surface area (TPSA) is 54.9 Å². The second-order valence-electron chi connectivity index (χ2n) is 5.30. The van der Waals surface area contributed by atoms with Crippen molar-refractivity contribution in [1.82, 2.24) is 9.97 Å². The van der Waals surface area contributed by atoms with Crippen molar-refractivity contribution in [2.24, 2.45) is 5.92 Å². The Balaban J connectivity index is 1.76. The molecule has 1 aliphatic heterocycles. The number of anilines is 1. The standard InChI is InChI=1S/C11H12ClN3OS/c12-10-13-7-1-2-17(16)8(7)9(14-10)15-11-3-6(4-11)5-11/h6H,1-5H2,(H,13,14,15). The Bertz CT molecular complexity index is 531. The summed E-state index contributed by atoms with van der Waals surface area (Å²) in [5.74, 6) is 2.27. The van der Waals surface area contributed by atoms with Gasteiger partial charge in [-0.2, -0.15) is 4.98 Å². The minimum Gasteiger partial charge on any atom is -0.363 e. The lowest BCUT2D eigenvalue weighted by atomic mass is 9.50. The van der Waals surface area contributed by atoms with Crippen molar-refractivity contribution in [3.05, 3.63) is 11.0 Å². The molecule has 3 saturated carbocycles. The molecule has 1 unspecified atom stereocenters. The Kier molecular flexibility index (Phi) is 1.93. The number of fused-ring (bicyclic) bond motifs is 1. The highest BCUT2D eigenvalue weighted by atomic mass is 35.5. The van der Waals surface area contributed by atoms with Gasteiger partial charge in [0.2, 0.25) is 5.28 Å². The van der Waals surface area contributed by atoms with E-state index in [1.54, 1.807) is 0 Å². The van der Waals surface area contributed by atoms with Crippen LogP contribution in [-0.4, -0.2) is 25.5 Å². The zero-order valence-electron chi connectivity index (χ0n) is 9.20. The van der Waals surface area contributed by atoms with Gasteiger partial charge in [-0.15, -0.1) is 0 Å². The first-order valence-electron chi connectivity index (χ1n) is 5.88. The van der Waals surface area contributed by atoms with Crippen LogP contribution in [0.15, 0.2) is 4.90 Å². The van der Waals surface area contributed by atoms with E-state index in [4.69, 9.17) is 11.6 Å². The van der Waals surface area contributed by atoms with Crippen LogP contribution in [0.5, 0.6) is 0 Å². The number of nitrogens with zero attached hydrogens (tertiary/aromatic N) is 2. The van der Waals surface area contributed by atoms with Crippen LogP contribution in [0.2, 0.25) is 5.28 Å². The predicted octanol–water partition coefficient (Wildman–Crippen LogP) is 1.76. The molecule has 0 saturated heterocycles. The van der Waals surface area contributed by atoms with E-state index in [9.17, 15) is 4.21 Å². The van der Waals surface area contributed by atoms with Gasteiger partial charge in [-0.1, -0.05) is 0 Å². The summed E-state index contributed by atoms with van der Waals surface area (Å²) in [6.07, 6.45) is 4.40. The Hall–Kier alpha value is -0.680. The largest absolute Gasteiger partial charge is 0.363 e. The van der Waals surface area contributed by atoms with Crippen LogP contribution in [0.4, 0.5) is 5.82 Å². The normalized spacial score (nSPS) is 37.0. The van der Waals surface area contributed by atoms with Crippen LogP contribution in [0, 0.1) is 5.92 Å². The molecule has 2 heterocycles. The van der Waals surface area contributed by atoms with E-state index in [-0.39, 0.29) is 10.8 Å². The monoisotopic (exact) mass is 269 g/mol. The molecule has 3 fully saturated rings. The highest BCUT2D eigenvalue weighted by Gasteiger charge is 2.57. The van der Waals surface area contributed by atoms with Gasteiger partial charge in [0.1, 0.15) is 10.7 Å². The van der Waals surface area contributed by atoms with E-state index in [2.05, 4.69) is 15.3 Å². The number of hydrogen-bond acceptors (Lipinski definition) is 4. The van der Waals surface area contributed by atoms with Crippen molar-refractivity contribution < 1.29 is 4.21 Å². The lowest BCUT2D eigenvalue weighted by molar-refractivity contribution is 0.00158. The van der Waals surface area contributed by atoms with Gasteiger partial charge >= 0.3 is 0 Å². The molecule has 0 spiro atoms. The molecule has 4 nitrogen and oxygen atoms in total. The number of aryl methyl sites for hydroxylation is 1. The zero-order chi connectivity index (χ0) is 11.6. The molecule has 1 N–H and O–H groups in total. The molecule has 0 amide bonds. The fraction of sp³-hybridized carbons (Fsp3) is 0.636. The lowest BCUT2D eigenvalue weighted by Crippen LogP contribution is -2.63. The molecule has 3 aliphatic carbocycles. The minimum absolute atomic E-state index is 0.225. The third-order valence-corrected chi connectivity index (χ3v) is 5.71. The molecule has 2 bridgehead atoms. The average molecular weight is 270 g/mol. The molecule has 17 heavy (non-hydrogen) atoms. The number of nitrogens with one attached hydrogen (secondary N) is 1. The van der Waals surface area contributed by atoms with Crippen molar-refractivity contribution in [3.8, 4) is 0 Å². The highest BCUT2D eigenvalue weighted by Crippen LogP contribution is 2.58. The van der Waals surface area contributed by atoms with E-state index in [1.165, 1.54) is 19.3 Å². The molecule has 90 valence electrons. The minimum atomic E-state index is -0.959. The van der Waals surface area contributed by atoms with Gasteiger partial charge in [0.05, 0.1) is 16.5 Å². The summed E-state index contributed by atoms with van der Waals surface area (Å²) in [6.45, 7) is 0.